The second kappa shape index (κ2) is 5.82. The molecule has 2 aliphatic carbocycles. The number of hydrogen-bond acceptors (Lipinski definition) is 2. The minimum Gasteiger partial charge on any atom is -0.355 e. The topological polar surface area (TPSA) is 32.3 Å². The van der Waals surface area contributed by atoms with Crippen molar-refractivity contribution >= 4 is 5.91 Å². The van der Waals surface area contributed by atoms with E-state index in [1.54, 1.807) is 0 Å². The number of amides is 1. The maximum absolute atomic E-state index is 12.1. The first-order chi connectivity index (χ1) is 8.87. The van der Waals surface area contributed by atoms with Crippen LogP contribution in [0.15, 0.2) is 0 Å². The highest BCUT2D eigenvalue weighted by Gasteiger charge is 2.39. The lowest BCUT2D eigenvalue weighted by atomic mass is 9.92. The number of hydrogen-bond donors (Lipinski definition) is 1. The van der Waals surface area contributed by atoms with Crippen LogP contribution >= 0.6 is 0 Å². The Balaban J connectivity index is 1.72. The molecule has 1 amide bonds. The fourth-order valence-corrected chi connectivity index (χ4v) is 2.66. The van der Waals surface area contributed by atoms with E-state index in [-0.39, 0.29) is 5.91 Å². The van der Waals surface area contributed by atoms with Gasteiger partial charge in [0.05, 0.1) is 6.54 Å². The largest absolute Gasteiger partial charge is 0.355 e. The average molecular weight is 266 g/mol. The summed E-state index contributed by atoms with van der Waals surface area (Å²) in [5.74, 6) is 1.06. The van der Waals surface area contributed by atoms with Gasteiger partial charge in [-0.1, -0.05) is 20.8 Å². The van der Waals surface area contributed by atoms with Crippen LogP contribution < -0.4 is 5.32 Å². The molecule has 2 aliphatic rings. The number of nitrogens with zero attached hydrogens (tertiary/aromatic N) is 1. The van der Waals surface area contributed by atoms with E-state index in [1.165, 1.54) is 25.7 Å². The van der Waals surface area contributed by atoms with Gasteiger partial charge in [0.15, 0.2) is 0 Å². The molecule has 0 bridgehead atoms. The summed E-state index contributed by atoms with van der Waals surface area (Å²) in [5, 5.41) is 3.09. The second-order valence-corrected chi connectivity index (χ2v) is 7.64. The number of nitrogens with one attached hydrogen (secondary N) is 1. The maximum Gasteiger partial charge on any atom is 0.234 e. The van der Waals surface area contributed by atoms with Gasteiger partial charge >= 0.3 is 0 Å². The second-order valence-electron chi connectivity index (χ2n) is 7.64. The van der Waals surface area contributed by atoms with E-state index >= 15 is 0 Å². The molecule has 2 saturated carbocycles. The van der Waals surface area contributed by atoms with Gasteiger partial charge in [0.1, 0.15) is 0 Å². The first-order valence-corrected chi connectivity index (χ1v) is 7.89. The molecule has 0 aromatic rings. The Morgan fingerprint density at radius 2 is 1.89 bits per heavy atom. The molecule has 0 aromatic carbocycles. The van der Waals surface area contributed by atoms with Crippen molar-refractivity contribution in [2.75, 3.05) is 13.1 Å². The fourth-order valence-electron chi connectivity index (χ4n) is 2.66. The molecule has 19 heavy (non-hydrogen) atoms. The van der Waals surface area contributed by atoms with Crippen LogP contribution in [0.4, 0.5) is 0 Å². The monoisotopic (exact) mass is 266 g/mol. The standard InChI is InChI=1S/C16H30N2O/c1-12(13-5-6-13)18(14-7-8-14)11-15(19)17-10-9-16(2,3)4/h12-14H,5-11H2,1-4H3,(H,17,19). The Labute approximate surface area is 118 Å². The molecule has 0 aliphatic heterocycles. The maximum atomic E-state index is 12.1. The number of rotatable bonds is 7. The van der Waals surface area contributed by atoms with E-state index in [2.05, 4.69) is 37.9 Å². The lowest BCUT2D eigenvalue weighted by Crippen LogP contribution is -2.44. The van der Waals surface area contributed by atoms with Crippen LogP contribution in [-0.2, 0) is 4.79 Å². The van der Waals surface area contributed by atoms with Gasteiger partial charge in [-0.25, -0.2) is 0 Å². The fraction of sp³-hybridized carbons (Fsp3) is 0.938. The highest BCUT2D eigenvalue weighted by molar-refractivity contribution is 5.78. The summed E-state index contributed by atoms with van der Waals surface area (Å²) < 4.78 is 0. The molecular formula is C16H30N2O. The lowest BCUT2D eigenvalue weighted by molar-refractivity contribution is -0.123. The van der Waals surface area contributed by atoms with Crippen LogP contribution in [-0.4, -0.2) is 36.0 Å². The molecule has 0 heterocycles. The van der Waals surface area contributed by atoms with Crippen molar-refractivity contribution in [2.45, 2.75) is 71.9 Å². The molecule has 0 spiro atoms. The zero-order valence-corrected chi connectivity index (χ0v) is 13.0. The summed E-state index contributed by atoms with van der Waals surface area (Å²) in [5.41, 5.74) is 0.296. The highest BCUT2D eigenvalue weighted by Crippen LogP contribution is 2.39. The number of carbonyl (C=O) groups excluding carboxylic acids is 1. The van der Waals surface area contributed by atoms with Crippen molar-refractivity contribution < 1.29 is 4.79 Å². The first-order valence-electron chi connectivity index (χ1n) is 7.89. The van der Waals surface area contributed by atoms with Crippen LogP contribution in [0, 0.1) is 11.3 Å². The van der Waals surface area contributed by atoms with E-state index in [4.69, 9.17) is 0 Å². The predicted molar refractivity (Wildman–Crippen MR) is 79.0 cm³/mol. The quantitative estimate of drug-likeness (QED) is 0.768. The van der Waals surface area contributed by atoms with Gasteiger partial charge in [0, 0.05) is 18.6 Å². The van der Waals surface area contributed by atoms with Crippen molar-refractivity contribution in [3.63, 3.8) is 0 Å². The van der Waals surface area contributed by atoms with Crippen molar-refractivity contribution in [3.8, 4) is 0 Å². The molecule has 2 fully saturated rings. The van der Waals surface area contributed by atoms with Gasteiger partial charge in [-0.05, 0) is 50.4 Å². The molecule has 110 valence electrons. The lowest BCUT2D eigenvalue weighted by Gasteiger charge is -2.28. The van der Waals surface area contributed by atoms with E-state index in [1.807, 2.05) is 0 Å². The van der Waals surface area contributed by atoms with Crippen LogP contribution in [0.25, 0.3) is 0 Å². The first kappa shape index (κ1) is 14.8. The molecular weight excluding hydrogens is 236 g/mol. The summed E-state index contributed by atoms with van der Waals surface area (Å²) in [6, 6.07) is 1.28. The van der Waals surface area contributed by atoms with Crippen molar-refractivity contribution in [3.05, 3.63) is 0 Å². The molecule has 1 atom stereocenters. The Kier molecular flexibility index (Phi) is 4.54. The summed E-state index contributed by atoms with van der Waals surface area (Å²) >= 11 is 0. The van der Waals surface area contributed by atoms with Crippen LogP contribution in [0.3, 0.4) is 0 Å². The third-order valence-corrected chi connectivity index (χ3v) is 4.37. The third kappa shape index (κ3) is 5.13. The zero-order chi connectivity index (χ0) is 14.0. The molecule has 0 radical (unpaired) electrons. The molecule has 0 aromatic heterocycles. The Bertz CT molecular complexity index is 313. The summed E-state index contributed by atoms with van der Waals surface area (Å²) in [7, 11) is 0. The van der Waals surface area contributed by atoms with Crippen molar-refractivity contribution in [1.82, 2.24) is 10.2 Å². The van der Waals surface area contributed by atoms with E-state index in [9.17, 15) is 4.79 Å². The number of carbonyl (C=O) groups is 1. The van der Waals surface area contributed by atoms with Gasteiger partial charge < -0.3 is 5.32 Å². The highest BCUT2D eigenvalue weighted by atomic mass is 16.2. The minimum absolute atomic E-state index is 0.212. The van der Waals surface area contributed by atoms with Gasteiger partial charge in [0.2, 0.25) is 5.91 Å². The minimum atomic E-state index is 0.212. The molecule has 1 N–H and O–H groups in total. The van der Waals surface area contributed by atoms with Gasteiger partial charge in [-0.15, -0.1) is 0 Å². The van der Waals surface area contributed by atoms with Gasteiger partial charge in [0.25, 0.3) is 0 Å². The summed E-state index contributed by atoms with van der Waals surface area (Å²) in [4.78, 5) is 14.5. The van der Waals surface area contributed by atoms with E-state index in [0.29, 0.717) is 24.0 Å². The predicted octanol–water partition coefficient (Wildman–Crippen LogP) is 2.80. The third-order valence-electron chi connectivity index (χ3n) is 4.37. The SMILES string of the molecule is CC(C1CC1)N(CC(=O)NCCC(C)(C)C)C1CC1. The Morgan fingerprint density at radius 3 is 2.37 bits per heavy atom. The molecule has 2 rings (SSSR count). The van der Waals surface area contributed by atoms with Crippen molar-refractivity contribution in [2.24, 2.45) is 11.3 Å². The van der Waals surface area contributed by atoms with Crippen molar-refractivity contribution in [1.29, 1.82) is 0 Å². The molecule has 3 nitrogen and oxygen atoms in total. The Morgan fingerprint density at radius 1 is 1.26 bits per heavy atom. The van der Waals surface area contributed by atoms with Crippen LogP contribution in [0.5, 0.6) is 0 Å². The summed E-state index contributed by atoms with van der Waals surface area (Å²) in [6.45, 7) is 10.4. The summed E-state index contributed by atoms with van der Waals surface area (Å²) in [6.07, 6.45) is 6.32. The molecule has 1 unspecified atom stereocenters. The molecule has 0 saturated heterocycles. The van der Waals surface area contributed by atoms with E-state index < -0.39 is 0 Å². The zero-order valence-electron chi connectivity index (χ0n) is 13.0. The van der Waals surface area contributed by atoms with E-state index in [0.717, 1.165) is 18.9 Å². The van der Waals surface area contributed by atoms with Gasteiger partial charge in [-0.3, -0.25) is 9.69 Å². The Hall–Kier alpha value is -0.570. The van der Waals surface area contributed by atoms with Gasteiger partial charge in [-0.2, -0.15) is 0 Å². The van der Waals surface area contributed by atoms with Crippen LogP contribution in [0.1, 0.15) is 59.8 Å². The average Bonchev–Trinajstić information content (AvgIpc) is 3.16. The van der Waals surface area contributed by atoms with Crippen LogP contribution in [0.2, 0.25) is 0 Å². The molecule has 3 heteroatoms. The smallest absolute Gasteiger partial charge is 0.234 e. The normalized spacial score (nSPS) is 21.5.